The number of hydrogen-bond acceptors (Lipinski definition) is 3. The normalized spacial score (nSPS) is 10.2. The van der Waals surface area contributed by atoms with E-state index in [1.165, 1.54) is 6.92 Å². The molecule has 0 aromatic heterocycles. The topological polar surface area (TPSA) is 46.5 Å². The highest BCUT2D eigenvalue weighted by molar-refractivity contribution is 5.89. The van der Waals surface area contributed by atoms with Crippen LogP contribution in [0.4, 0.5) is 0 Å². The lowest BCUT2D eigenvalue weighted by Gasteiger charge is -2.04. The number of phenols is 1. The van der Waals surface area contributed by atoms with Crippen LogP contribution in [-0.2, 0) is 4.79 Å². The number of benzene rings is 2. The summed E-state index contributed by atoms with van der Waals surface area (Å²) in [7, 11) is 0. The van der Waals surface area contributed by atoms with Gasteiger partial charge in [-0.3, -0.25) is 4.79 Å². The quantitative estimate of drug-likeness (QED) is 0.570. The van der Waals surface area contributed by atoms with Crippen molar-refractivity contribution in [2.75, 3.05) is 0 Å². The molecular weight excluding hydrogens is 192 g/mol. The van der Waals surface area contributed by atoms with E-state index in [9.17, 15) is 9.90 Å². The molecule has 0 saturated heterocycles. The van der Waals surface area contributed by atoms with Gasteiger partial charge < -0.3 is 9.84 Å². The van der Waals surface area contributed by atoms with Crippen LogP contribution in [0.5, 0.6) is 11.5 Å². The molecule has 0 aliphatic carbocycles. The van der Waals surface area contributed by atoms with Gasteiger partial charge in [0.05, 0.1) is 0 Å². The predicted molar refractivity (Wildman–Crippen MR) is 56.9 cm³/mol. The number of phenolic OH excluding ortho intramolecular Hbond substituents is 1. The number of aromatic hydroxyl groups is 1. The molecule has 0 fully saturated rings. The number of esters is 1. The molecule has 2 aromatic carbocycles. The molecule has 76 valence electrons. The van der Waals surface area contributed by atoms with Gasteiger partial charge in [-0.05, 0) is 29.7 Å². The zero-order valence-electron chi connectivity index (χ0n) is 8.23. The maximum absolute atomic E-state index is 10.7. The van der Waals surface area contributed by atoms with Crippen LogP contribution in [-0.4, -0.2) is 11.1 Å². The summed E-state index contributed by atoms with van der Waals surface area (Å²) in [4.78, 5) is 10.7. The van der Waals surface area contributed by atoms with E-state index < -0.39 is 0 Å². The van der Waals surface area contributed by atoms with E-state index in [4.69, 9.17) is 4.74 Å². The smallest absolute Gasteiger partial charge is 0.308 e. The summed E-state index contributed by atoms with van der Waals surface area (Å²) in [6.07, 6.45) is 0. The molecule has 2 aromatic rings. The second-order valence-corrected chi connectivity index (χ2v) is 3.25. The molecule has 2 rings (SSSR count). The summed E-state index contributed by atoms with van der Waals surface area (Å²) in [5.41, 5.74) is 0. The summed E-state index contributed by atoms with van der Waals surface area (Å²) >= 11 is 0. The summed E-state index contributed by atoms with van der Waals surface area (Å²) in [6.45, 7) is 1.35. The van der Waals surface area contributed by atoms with Crippen molar-refractivity contribution in [1.29, 1.82) is 0 Å². The fraction of sp³-hybridized carbons (Fsp3) is 0.0833. The zero-order chi connectivity index (χ0) is 10.8. The van der Waals surface area contributed by atoms with Gasteiger partial charge in [-0.2, -0.15) is 0 Å². The third-order valence-corrected chi connectivity index (χ3v) is 2.09. The van der Waals surface area contributed by atoms with Crippen LogP contribution in [0.3, 0.4) is 0 Å². The maximum Gasteiger partial charge on any atom is 0.308 e. The Morgan fingerprint density at radius 2 is 2.07 bits per heavy atom. The minimum atomic E-state index is -0.352. The van der Waals surface area contributed by atoms with Crippen molar-refractivity contribution in [1.82, 2.24) is 0 Å². The van der Waals surface area contributed by atoms with Crippen LogP contribution in [0, 0.1) is 0 Å². The van der Waals surface area contributed by atoms with Crippen molar-refractivity contribution in [2.45, 2.75) is 6.92 Å². The highest BCUT2D eigenvalue weighted by Crippen LogP contribution is 2.27. The van der Waals surface area contributed by atoms with Crippen LogP contribution < -0.4 is 4.74 Å². The van der Waals surface area contributed by atoms with Crippen molar-refractivity contribution in [3.63, 3.8) is 0 Å². The lowest BCUT2D eigenvalue weighted by atomic mass is 10.1. The Balaban J connectivity index is 2.52. The van der Waals surface area contributed by atoms with E-state index in [1.54, 1.807) is 30.3 Å². The minimum absolute atomic E-state index is 0.224. The van der Waals surface area contributed by atoms with Gasteiger partial charge >= 0.3 is 5.97 Å². The molecule has 3 nitrogen and oxygen atoms in total. The molecule has 0 amide bonds. The van der Waals surface area contributed by atoms with Gasteiger partial charge in [0.2, 0.25) is 0 Å². The van der Waals surface area contributed by atoms with Gasteiger partial charge in [0, 0.05) is 12.3 Å². The number of carbonyl (C=O) groups is 1. The van der Waals surface area contributed by atoms with Crippen LogP contribution in [0.1, 0.15) is 6.92 Å². The molecule has 3 heteroatoms. The average molecular weight is 202 g/mol. The number of ether oxygens (including phenoxy) is 1. The van der Waals surface area contributed by atoms with Crippen LogP contribution in [0.15, 0.2) is 36.4 Å². The Kier molecular flexibility index (Phi) is 2.29. The molecule has 0 atom stereocenters. The Morgan fingerprint density at radius 3 is 2.80 bits per heavy atom. The van der Waals surface area contributed by atoms with Gasteiger partial charge in [0.25, 0.3) is 0 Å². The fourth-order valence-electron chi connectivity index (χ4n) is 1.47. The monoisotopic (exact) mass is 202 g/mol. The van der Waals surface area contributed by atoms with Gasteiger partial charge in [-0.15, -0.1) is 0 Å². The van der Waals surface area contributed by atoms with Crippen molar-refractivity contribution < 1.29 is 14.6 Å². The van der Waals surface area contributed by atoms with Crippen molar-refractivity contribution in [3.8, 4) is 11.5 Å². The molecule has 0 saturated carbocycles. The molecular formula is C12H10O3. The first kappa shape index (κ1) is 9.52. The molecule has 1 N–H and O–H groups in total. The SMILES string of the molecule is CC(=O)Oc1ccc2c(O)cccc2c1. The van der Waals surface area contributed by atoms with Crippen LogP contribution in [0.25, 0.3) is 10.8 Å². The predicted octanol–water partition coefficient (Wildman–Crippen LogP) is 2.47. The summed E-state index contributed by atoms with van der Waals surface area (Å²) in [5, 5.41) is 11.1. The van der Waals surface area contributed by atoms with Gasteiger partial charge in [0.15, 0.2) is 0 Å². The van der Waals surface area contributed by atoms with Gasteiger partial charge in [0.1, 0.15) is 11.5 Å². The van der Waals surface area contributed by atoms with Crippen molar-refractivity contribution in [3.05, 3.63) is 36.4 Å². The first-order valence-corrected chi connectivity index (χ1v) is 4.57. The van der Waals surface area contributed by atoms with Crippen molar-refractivity contribution >= 4 is 16.7 Å². The second-order valence-electron chi connectivity index (χ2n) is 3.25. The third kappa shape index (κ3) is 1.91. The number of hydrogen-bond donors (Lipinski definition) is 1. The van der Waals surface area contributed by atoms with Crippen molar-refractivity contribution in [2.24, 2.45) is 0 Å². The highest BCUT2D eigenvalue weighted by Gasteiger charge is 2.02. The molecule has 0 bridgehead atoms. The van der Waals surface area contributed by atoms with E-state index >= 15 is 0 Å². The molecule has 0 heterocycles. The number of carbonyl (C=O) groups excluding carboxylic acids is 1. The first-order valence-electron chi connectivity index (χ1n) is 4.57. The standard InChI is InChI=1S/C12H10O3/c1-8(13)15-10-5-6-11-9(7-10)3-2-4-12(11)14/h2-7,14H,1H3. The van der Waals surface area contributed by atoms with Crippen LogP contribution in [0.2, 0.25) is 0 Å². The molecule has 0 aliphatic rings. The lowest BCUT2D eigenvalue weighted by molar-refractivity contribution is -0.131. The van der Waals surface area contributed by atoms with E-state index in [2.05, 4.69) is 0 Å². The van der Waals surface area contributed by atoms with E-state index in [0.717, 1.165) is 10.8 Å². The average Bonchev–Trinajstić information content (AvgIpc) is 2.17. The summed E-state index contributed by atoms with van der Waals surface area (Å²) in [5.74, 6) is 0.358. The summed E-state index contributed by atoms with van der Waals surface area (Å²) in [6, 6.07) is 10.3. The number of rotatable bonds is 1. The molecule has 0 aliphatic heterocycles. The summed E-state index contributed by atoms with van der Waals surface area (Å²) < 4.78 is 4.94. The highest BCUT2D eigenvalue weighted by atomic mass is 16.5. The zero-order valence-corrected chi connectivity index (χ0v) is 8.23. The molecule has 0 unspecified atom stereocenters. The Labute approximate surface area is 86.9 Å². The molecule has 0 spiro atoms. The minimum Gasteiger partial charge on any atom is -0.507 e. The van der Waals surface area contributed by atoms with Gasteiger partial charge in [-0.25, -0.2) is 0 Å². The largest absolute Gasteiger partial charge is 0.507 e. The maximum atomic E-state index is 10.7. The molecule has 0 radical (unpaired) electrons. The van der Waals surface area contributed by atoms with E-state index in [0.29, 0.717) is 5.75 Å². The Bertz CT molecular complexity index is 517. The Morgan fingerprint density at radius 1 is 1.27 bits per heavy atom. The first-order chi connectivity index (χ1) is 7.16. The van der Waals surface area contributed by atoms with E-state index in [1.807, 2.05) is 6.07 Å². The number of fused-ring (bicyclic) bond motifs is 1. The van der Waals surface area contributed by atoms with E-state index in [-0.39, 0.29) is 11.7 Å². The lowest BCUT2D eigenvalue weighted by Crippen LogP contribution is -2.00. The molecule has 15 heavy (non-hydrogen) atoms. The fourth-order valence-corrected chi connectivity index (χ4v) is 1.47. The van der Waals surface area contributed by atoms with Crippen LogP contribution >= 0.6 is 0 Å². The third-order valence-electron chi connectivity index (χ3n) is 2.09. The second kappa shape index (κ2) is 3.61. The van der Waals surface area contributed by atoms with Gasteiger partial charge in [-0.1, -0.05) is 12.1 Å². The Hall–Kier alpha value is -2.03.